The maximum atomic E-state index is 13.4. The number of hydrogen-bond acceptors (Lipinski definition) is 4. The van der Waals surface area contributed by atoms with Gasteiger partial charge in [-0.1, -0.05) is 42.5 Å². The number of carbonyl (C=O) groups excluding carboxylic acids is 2. The normalized spacial score (nSPS) is 15.4. The van der Waals surface area contributed by atoms with Crippen LogP contribution in [0, 0.1) is 0 Å². The number of sulfone groups is 1. The largest absolute Gasteiger partial charge is 0.349 e. The van der Waals surface area contributed by atoms with Gasteiger partial charge in [-0.2, -0.15) is 0 Å². The van der Waals surface area contributed by atoms with E-state index < -0.39 is 9.84 Å². The van der Waals surface area contributed by atoms with E-state index in [2.05, 4.69) is 5.32 Å². The number of rotatable bonds is 9. The Morgan fingerprint density at radius 3 is 2.17 bits per heavy atom. The van der Waals surface area contributed by atoms with Gasteiger partial charge in [-0.25, -0.2) is 8.42 Å². The van der Waals surface area contributed by atoms with Crippen LogP contribution in [0.1, 0.15) is 57.5 Å². The summed E-state index contributed by atoms with van der Waals surface area (Å²) in [5, 5.41) is 2.98. The smallest absolute Gasteiger partial charge is 0.254 e. The Morgan fingerprint density at radius 1 is 0.800 bits per heavy atom. The van der Waals surface area contributed by atoms with Gasteiger partial charge >= 0.3 is 0 Å². The molecule has 3 aromatic carbocycles. The molecule has 0 spiro atoms. The van der Waals surface area contributed by atoms with Gasteiger partial charge < -0.3 is 10.2 Å². The van der Waals surface area contributed by atoms with Gasteiger partial charge in [0.25, 0.3) is 11.8 Å². The molecule has 180 valence electrons. The SMILES string of the molecule is O=C(NC1CC1)c1ccc(CN(C(=O)c2cccc(CS(=O)(=O)c3ccccc3)c2)C2CC2)cc1. The standard InChI is InChI=1S/C28H28N2O4S/c31-27(29-24-13-14-24)22-11-9-20(10-12-22)18-30(25-15-16-25)28(32)23-6-4-5-21(17-23)19-35(33,34)26-7-2-1-3-8-26/h1-12,17,24-25H,13-16,18-19H2,(H,29,31). The predicted octanol–water partition coefficient (Wildman–Crippen LogP) is 4.36. The molecule has 0 radical (unpaired) electrons. The van der Waals surface area contributed by atoms with Crippen LogP contribution in [-0.4, -0.2) is 37.2 Å². The van der Waals surface area contributed by atoms with Gasteiger partial charge in [-0.3, -0.25) is 9.59 Å². The second kappa shape index (κ2) is 9.66. The molecular weight excluding hydrogens is 460 g/mol. The first-order chi connectivity index (χ1) is 16.9. The third kappa shape index (κ3) is 5.80. The van der Waals surface area contributed by atoms with E-state index in [9.17, 15) is 18.0 Å². The van der Waals surface area contributed by atoms with E-state index in [4.69, 9.17) is 0 Å². The van der Waals surface area contributed by atoms with Crippen LogP contribution < -0.4 is 5.32 Å². The van der Waals surface area contributed by atoms with Crippen molar-refractivity contribution in [1.82, 2.24) is 10.2 Å². The van der Waals surface area contributed by atoms with Crippen LogP contribution >= 0.6 is 0 Å². The highest BCUT2D eigenvalue weighted by molar-refractivity contribution is 7.90. The Balaban J connectivity index is 1.29. The minimum absolute atomic E-state index is 0.0588. The van der Waals surface area contributed by atoms with E-state index in [0.29, 0.717) is 29.3 Å². The van der Waals surface area contributed by atoms with Crippen molar-refractivity contribution in [2.45, 2.75) is 55.0 Å². The van der Waals surface area contributed by atoms with Gasteiger partial charge in [0.2, 0.25) is 0 Å². The molecule has 2 aliphatic rings. The molecule has 2 amide bonds. The molecule has 3 aromatic rings. The van der Waals surface area contributed by atoms with E-state index in [0.717, 1.165) is 31.2 Å². The Labute approximate surface area is 205 Å². The summed E-state index contributed by atoms with van der Waals surface area (Å²) in [4.78, 5) is 27.8. The number of benzene rings is 3. The summed E-state index contributed by atoms with van der Waals surface area (Å²) in [6.07, 6.45) is 3.99. The Kier molecular flexibility index (Phi) is 6.43. The zero-order valence-corrected chi connectivity index (χ0v) is 20.2. The number of nitrogens with zero attached hydrogens (tertiary/aromatic N) is 1. The lowest BCUT2D eigenvalue weighted by molar-refractivity contribution is 0.0729. The average Bonchev–Trinajstić information content (AvgIpc) is 3.79. The van der Waals surface area contributed by atoms with Crippen LogP contribution in [0.2, 0.25) is 0 Å². The van der Waals surface area contributed by atoms with Gasteiger partial charge in [0.15, 0.2) is 9.84 Å². The summed E-state index contributed by atoms with van der Waals surface area (Å²) in [5.41, 5.74) is 2.65. The van der Waals surface area contributed by atoms with Crippen molar-refractivity contribution in [2.24, 2.45) is 0 Å². The van der Waals surface area contributed by atoms with Crippen LogP contribution in [0.4, 0.5) is 0 Å². The summed E-state index contributed by atoms with van der Waals surface area (Å²) >= 11 is 0. The summed E-state index contributed by atoms with van der Waals surface area (Å²) in [7, 11) is -3.50. The van der Waals surface area contributed by atoms with E-state index in [1.54, 1.807) is 66.7 Å². The molecule has 5 rings (SSSR count). The summed E-state index contributed by atoms with van der Waals surface area (Å²) in [6, 6.07) is 23.1. The summed E-state index contributed by atoms with van der Waals surface area (Å²) < 4.78 is 25.6. The fraction of sp³-hybridized carbons (Fsp3) is 0.286. The lowest BCUT2D eigenvalue weighted by atomic mass is 10.1. The molecule has 0 atom stereocenters. The minimum atomic E-state index is -3.50. The van der Waals surface area contributed by atoms with Crippen molar-refractivity contribution in [3.63, 3.8) is 0 Å². The molecule has 0 aromatic heterocycles. The third-order valence-corrected chi connectivity index (χ3v) is 8.07. The first kappa shape index (κ1) is 23.3. The van der Waals surface area contributed by atoms with Crippen molar-refractivity contribution < 1.29 is 18.0 Å². The van der Waals surface area contributed by atoms with Crippen LogP contribution in [0.15, 0.2) is 83.8 Å². The summed E-state index contributed by atoms with van der Waals surface area (Å²) in [5.74, 6) is -0.329. The number of amides is 2. The van der Waals surface area contributed by atoms with Gasteiger partial charge in [-0.15, -0.1) is 0 Å². The van der Waals surface area contributed by atoms with Gasteiger partial charge in [0.1, 0.15) is 0 Å². The highest BCUT2D eigenvalue weighted by atomic mass is 32.2. The molecule has 1 N–H and O–H groups in total. The number of nitrogens with one attached hydrogen (secondary N) is 1. The maximum Gasteiger partial charge on any atom is 0.254 e. The van der Waals surface area contributed by atoms with Crippen molar-refractivity contribution >= 4 is 21.7 Å². The second-order valence-electron chi connectivity index (χ2n) is 9.38. The van der Waals surface area contributed by atoms with Crippen LogP contribution in [0.5, 0.6) is 0 Å². The van der Waals surface area contributed by atoms with Crippen LogP contribution in [0.3, 0.4) is 0 Å². The molecule has 2 aliphatic carbocycles. The van der Waals surface area contributed by atoms with Crippen molar-refractivity contribution in [3.8, 4) is 0 Å². The first-order valence-electron chi connectivity index (χ1n) is 12.0. The molecule has 0 bridgehead atoms. The van der Waals surface area contributed by atoms with Crippen molar-refractivity contribution in [3.05, 3.63) is 101 Å². The molecular formula is C28H28N2O4S. The van der Waals surface area contributed by atoms with Crippen LogP contribution in [0.25, 0.3) is 0 Å². The maximum absolute atomic E-state index is 13.4. The highest BCUT2D eigenvalue weighted by Crippen LogP contribution is 2.30. The molecule has 2 saturated carbocycles. The molecule has 35 heavy (non-hydrogen) atoms. The molecule has 0 unspecified atom stereocenters. The fourth-order valence-electron chi connectivity index (χ4n) is 4.10. The Bertz CT molecular complexity index is 1330. The fourth-order valence-corrected chi connectivity index (χ4v) is 5.45. The molecule has 6 nitrogen and oxygen atoms in total. The lowest BCUT2D eigenvalue weighted by Crippen LogP contribution is -2.32. The van der Waals surface area contributed by atoms with Crippen molar-refractivity contribution in [1.29, 1.82) is 0 Å². The Hall–Kier alpha value is -3.45. The summed E-state index contributed by atoms with van der Waals surface area (Å²) in [6.45, 7) is 0.445. The topological polar surface area (TPSA) is 83.6 Å². The molecule has 2 fully saturated rings. The Morgan fingerprint density at radius 2 is 1.51 bits per heavy atom. The molecule has 0 saturated heterocycles. The number of hydrogen-bond donors (Lipinski definition) is 1. The minimum Gasteiger partial charge on any atom is -0.349 e. The lowest BCUT2D eigenvalue weighted by Gasteiger charge is -2.23. The van der Waals surface area contributed by atoms with E-state index in [1.807, 2.05) is 17.0 Å². The van der Waals surface area contributed by atoms with Crippen molar-refractivity contribution in [2.75, 3.05) is 0 Å². The second-order valence-corrected chi connectivity index (χ2v) is 11.4. The molecule has 0 heterocycles. The van der Waals surface area contributed by atoms with Crippen LogP contribution in [-0.2, 0) is 22.1 Å². The average molecular weight is 489 g/mol. The quantitative estimate of drug-likeness (QED) is 0.485. The van der Waals surface area contributed by atoms with Gasteiger partial charge in [-0.05, 0) is 73.2 Å². The third-order valence-electron chi connectivity index (χ3n) is 6.36. The van der Waals surface area contributed by atoms with E-state index in [-0.39, 0.29) is 28.5 Å². The zero-order valence-electron chi connectivity index (χ0n) is 19.4. The zero-order chi connectivity index (χ0) is 24.4. The van der Waals surface area contributed by atoms with E-state index >= 15 is 0 Å². The predicted molar refractivity (Wildman–Crippen MR) is 134 cm³/mol. The molecule has 7 heteroatoms. The number of carbonyl (C=O) groups is 2. The molecule has 0 aliphatic heterocycles. The van der Waals surface area contributed by atoms with E-state index in [1.165, 1.54) is 0 Å². The first-order valence-corrected chi connectivity index (χ1v) is 13.6. The monoisotopic (exact) mass is 488 g/mol. The van der Waals surface area contributed by atoms with Gasteiger partial charge in [0, 0.05) is 29.8 Å². The van der Waals surface area contributed by atoms with Gasteiger partial charge in [0.05, 0.1) is 10.6 Å². The highest BCUT2D eigenvalue weighted by Gasteiger charge is 2.33.